The highest BCUT2D eigenvalue weighted by Gasteiger charge is 2.30. The Labute approximate surface area is 607 Å². The average molecular weight is 1450 g/mol. The summed E-state index contributed by atoms with van der Waals surface area (Å²) < 4.78 is 68.6. The number of esters is 4. The average Bonchev–Trinajstić information content (AvgIpc) is 0.997. The maximum Gasteiger partial charge on any atom is 0.472 e. The Hall–Kier alpha value is -1.94. The predicted molar refractivity (Wildman–Crippen MR) is 405 cm³/mol. The first kappa shape index (κ1) is 97.1. The molecule has 0 bridgehead atoms. The molecule has 0 rings (SSSR count). The number of unbranched alkanes of at least 4 members (excludes halogenated alkanes) is 49. The molecule has 2 unspecified atom stereocenters. The van der Waals surface area contributed by atoms with Gasteiger partial charge in [-0.05, 0) is 37.5 Å². The summed E-state index contributed by atoms with van der Waals surface area (Å²) in [5.41, 5.74) is 0. The van der Waals surface area contributed by atoms with Crippen LogP contribution in [0.5, 0.6) is 0 Å². The molecule has 0 amide bonds. The Morgan fingerprint density at radius 2 is 0.465 bits per heavy atom. The zero-order valence-electron chi connectivity index (χ0n) is 64.8. The van der Waals surface area contributed by atoms with Crippen molar-refractivity contribution in [3.05, 3.63) is 0 Å². The minimum absolute atomic E-state index is 0.107. The monoisotopic (exact) mass is 1450 g/mol. The van der Waals surface area contributed by atoms with Gasteiger partial charge in [-0.1, -0.05) is 369 Å². The number of ether oxygens (including phenoxy) is 4. The summed E-state index contributed by atoms with van der Waals surface area (Å²) in [6.07, 6.45) is 61.2. The number of hydrogen-bond acceptors (Lipinski definition) is 15. The highest BCUT2D eigenvalue weighted by Crippen LogP contribution is 2.45. The highest BCUT2D eigenvalue weighted by molar-refractivity contribution is 7.47. The first-order valence-electron chi connectivity index (χ1n) is 41.5. The van der Waals surface area contributed by atoms with Crippen molar-refractivity contribution in [1.29, 1.82) is 0 Å². The second-order valence-electron chi connectivity index (χ2n) is 29.8. The van der Waals surface area contributed by atoms with Crippen molar-refractivity contribution in [2.24, 2.45) is 11.8 Å². The molecule has 0 saturated carbocycles. The molecule has 17 nitrogen and oxygen atoms in total. The third-order valence-electron chi connectivity index (χ3n) is 18.7. The normalized spacial score (nSPS) is 13.9. The smallest absolute Gasteiger partial charge is 0.462 e. The van der Waals surface area contributed by atoms with Crippen LogP contribution < -0.4 is 0 Å². The molecule has 99 heavy (non-hydrogen) atoms. The number of phosphoric ester groups is 2. The van der Waals surface area contributed by atoms with E-state index in [0.29, 0.717) is 31.6 Å². The lowest BCUT2D eigenvalue weighted by molar-refractivity contribution is -0.161. The van der Waals surface area contributed by atoms with Crippen LogP contribution in [0.3, 0.4) is 0 Å². The summed E-state index contributed by atoms with van der Waals surface area (Å²) in [7, 11) is -9.92. The molecule has 0 aromatic heterocycles. The molecule has 0 heterocycles. The van der Waals surface area contributed by atoms with Crippen molar-refractivity contribution in [3.63, 3.8) is 0 Å². The van der Waals surface area contributed by atoms with Crippen LogP contribution in [0, 0.1) is 11.8 Å². The van der Waals surface area contributed by atoms with Crippen molar-refractivity contribution in [1.82, 2.24) is 0 Å². The van der Waals surface area contributed by atoms with Gasteiger partial charge in [-0.3, -0.25) is 37.3 Å². The summed E-state index contributed by atoms with van der Waals surface area (Å²) in [4.78, 5) is 72.9. The zero-order valence-corrected chi connectivity index (χ0v) is 66.6. The zero-order chi connectivity index (χ0) is 72.8. The Bertz CT molecular complexity index is 1910. The number of carbonyl (C=O) groups excluding carboxylic acids is 4. The summed E-state index contributed by atoms with van der Waals surface area (Å²) >= 11 is 0. The molecule has 0 aliphatic heterocycles. The number of rotatable bonds is 79. The molecule has 0 saturated heterocycles. The first-order valence-corrected chi connectivity index (χ1v) is 44.5. The van der Waals surface area contributed by atoms with E-state index in [2.05, 4.69) is 41.5 Å². The number of aliphatic hydroxyl groups is 1. The second-order valence-corrected chi connectivity index (χ2v) is 32.7. The number of carbonyl (C=O) groups is 4. The second kappa shape index (κ2) is 71.7. The largest absolute Gasteiger partial charge is 0.472 e. The molecule has 5 atom stereocenters. The molecule has 19 heteroatoms. The van der Waals surface area contributed by atoms with E-state index in [9.17, 15) is 43.2 Å². The predicted octanol–water partition coefficient (Wildman–Crippen LogP) is 23.9. The standard InChI is InChI=1S/C80H156O17P2/c1-7-9-11-13-15-17-19-21-23-24-25-28-32-35-39-43-50-56-62-77(82)90-68-75(96-79(84)65-59-53-45-41-37-33-29-26-27-30-34-38-42-48-54-60-72(3)4)70-94-98(86,87)92-66-74(81)67-93-99(88,89)95-71-76(69-91-78(83)63-57-51-47-46-49-55-61-73(5)6)97-80(85)64-58-52-44-40-36-31-22-20-18-16-14-12-10-8-2/h72-76,81H,7-71H2,1-6H3,(H,86,87)(H,88,89)/t74-,75-,76-/m1/s1. The van der Waals surface area contributed by atoms with Crippen LogP contribution in [0.2, 0.25) is 0 Å². The minimum Gasteiger partial charge on any atom is -0.462 e. The van der Waals surface area contributed by atoms with Crippen molar-refractivity contribution >= 4 is 39.5 Å². The molecule has 3 N–H and O–H groups in total. The van der Waals surface area contributed by atoms with E-state index in [0.717, 1.165) is 102 Å². The van der Waals surface area contributed by atoms with Crippen molar-refractivity contribution in [3.8, 4) is 0 Å². The molecule has 0 aromatic rings. The molecule has 0 radical (unpaired) electrons. The fraction of sp³-hybridized carbons (Fsp3) is 0.950. The summed E-state index contributed by atoms with van der Waals surface area (Å²) in [6.45, 7) is 9.58. The van der Waals surface area contributed by atoms with E-state index in [4.69, 9.17) is 37.0 Å². The molecule has 0 aliphatic carbocycles. The maximum atomic E-state index is 13.1. The van der Waals surface area contributed by atoms with Gasteiger partial charge in [0.1, 0.15) is 19.3 Å². The van der Waals surface area contributed by atoms with Gasteiger partial charge in [-0.2, -0.15) is 0 Å². The Morgan fingerprint density at radius 3 is 0.687 bits per heavy atom. The molecular formula is C80H156O17P2. The maximum absolute atomic E-state index is 13.1. The van der Waals surface area contributed by atoms with Gasteiger partial charge in [-0.25, -0.2) is 9.13 Å². The van der Waals surface area contributed by atoms with E-state index in [-0.39, 0.29) is 25.7 Å². The van der Waals surface area contributed by atoms with Crippen molar-refractivity contribution < 1.29 is 80.2 Å². The van der Waals surface area contributed by atoms with Gasteiger partial charge in [-0.15, -0.1) is 0 Å². The molecule has 0 fully saturated rings. The minimum atomic E-state index is -4.96. The van der Waals surface area contributed by atoms with Gasteiger partial charge >= 0.3 is 39.5 Å². The Morgan fingerprint density at radius 1 is 0.273 bits per heavy atom. The first-order chi connectivity index (χ1) is 47.9. The molecular weight excluding hydrogens is 1290 g/mol. The SMILES string of the molecule is CCCCCCCCCCCCCCCCCCCCC(=O)OC[C@H](COP(=O)(O)OC[C@@H](O)COP(=O)(O)OC[C@@H](COC(=O)CCCCCCCCC(C)C)OC(=O)CCCCCCCCCCCCCCCC)OC(=O)CCCCCCCCCCCCCCCCCC(C)C. The lowest BCUT2D eigenvalue weighted by atomic mass is 10.0. The lowest BCUT2D eigenvalue weighted by Gasteiger charge is -2.21. The molecule has 0 spiro atoms. The lowest BCUT2D eigenvalue weighted by Crippen LogP contribution is -2.30. The van der Waals surface area contributed by atoms with Crippen LogP contribution in [-0.2, 0) is 65.4 Å². The number of phosphoric acid groups is 2. The number of aliphatic hydroxyl groups excluding tert-OH is 1. The van der Waals surface area contributed by atoms with E-state index < -0.39 is 97.5 Å². The van der Waals surface area contributed by atoms with E-state index in [1.165, 1.54) is 231 Å². The van der Waals surface area contributed by atoms with E-state index in [1.54, 1.807) is 0 Å². The quantitative estimate of drug-likeness (QED) is 0.0222. The van der Waals surface area contributed by atoms with Crippen LogP contribution >= 0.6 is 15.6 Å². The van der Waals surface area contributed by atoms with Gasteiger partial charge in [0.05, 0.1) is 26.4 Å². The topological polar surface area (TPSA) is 237 Å². The summed E-state index contributed by atoms with van der Waals surface area (Å²) in [5.74, 6) is -0.629. The fourth-order valence-electron chi connectivity index (χ4n) is 12.4. The van der Waals surface area contributed by atoms with Gasteiger partial charge in [0.25, 0.3) is 0 Å². The molecule has 0 aromatic carbocycles. The van der Waals surface area contributed by atoms with Crippen LogP contribution in [-0.4, -0.2) is 96.7 Å². The Balaban J connectivity index is 5.22. The summed E-state index contributed by atoms with van der Waals surface area (Å²) in [5, 5.41) is 10.6. The molecule has 0 aliphatic rings. The van der Waals surface area contributed by atoms with Gasteiger partial charge in [0.2, 0.25) is 0 Å². The van der Waals surface area contributed by atoms with Gasteiger partial charge in [0.15, 0.2) is 12.2 Å². The molecule has 588 valence electrons. The van der Waals surface area contributed by atoms with Gasteiger partial charge < -0.3 is 33.8 Å². The summed E-state index contributed by atoms with van der Waals surface area (Å²) in [6, 6.07) is 0. The van der Waals surface area contributed by atoms with Crippen LogP contribution in [0.4, 0.5) is 0 Å². The van der Waals surface area contributed by atoms with Crippen molar-refractivity contribution in [2.75, 3.05) is 39.6 Å². The van der Waals surface area contributed by atoms with E-state index in [1.807, 2.05) is 0 Å². The third kappa shape index (κ3) is 74.1. The van der Waals surface area contributed by atoms with Crippen LogP contribution in [0.1, 0.15) is 420 Å². The highest BCUT2D eigenvalue weighted by atomic mass is 31.2. The number of hydrogen-bond donors (Lipinski definition) is 3. The van der Waals surface area contributed by atoms with E-state index >= 15 is 0 Å². The third-order valence-corrected chi connectivity index (χ3v) is 20.6. The van der Waals surface area contributed by atoms with Crippen molar-refractivity contribution in [2.45, 2.75) is 439 Å². The Kier molecular flexibility index (Phi) is 70.3. The van der Waals surface area contributed by atoms with Gasteiger partial charge in [0, 0.05) is 25.7 Å². The fourth-order valence-corrected chi connectivity index (χ4v) is 13.9. The van der Waals surface area contributed by atoms with Crippen LogP contribution in [0.25, 0.3) is 0 Å². The van der Waals surface area contributed by atoms with Crippen LogP contribution in [0.15, 0.2) is 0 Å².